The number of aliphatic hydroxyl groups excluding tert-OH is 2. The summed E-state index contributed by atoms with van der Waals surface area (Å²) in [6, 6.07) is 24.2. The lowest BCUT2D eigenvalue weighted by Crippen LogP contribution is -2.64. The number of aryl methyl sites for hydroxylation is 2. The molecule has 0 unspecified atom stereocenters. The van der Waals surface area contributed by atoms with Crippen LogP contribution in [0, 0.1) is 37.5 Å². The number of piperazine rings is 2. The number of benzene rings is 2. The Bertz CT molecular complexity index is 2610. The van der Waals surface area contributed by atoms with E-state index in [9.17, 15) is 39.0 Å². The molecule has 0 bridgehead atoms. The molecule has 2 saturated heterocycles. The lowest BCUT2D eigenvalue weighted by molar-refractivity contribution is -0.134. The van der Waals surface area contributed by atoms with Crippen LogP contribution in [0.3, 0.4) is 0 Å². The number of aromatic nitrogens is 2. The van der Waals surface area contributed by atoms with Gasteiger partial charge in [0.05, 0.1) is 46.7 Å². The van der Waals surface area contributed by atoms with Gasteiger partial charge in [-0.2, -0.15) is 0 Å². The second-order valence-corrected chi connectivity index (χ2v) is 23.0. The van der Waals surface area contributed by atoms with Gasteiger partial charge in [0.25, 0.3) is 0 Å². The SMILES string of the molecule is Cc1cccc(NC(=O)[C@@H](C[C@H](O)[C@@H](N)CN2CC(=O)N(c3ccccc3Cl)CC2(C)C)C(C)C)n1.Cc1cccc(NC(=O)[C@@H](C[C@H](O)[C@@H](N)CN2CC(=O)N(c3ccccc3Cl)CC2(C)C)C(C)C)n1.O=C(O)/C=C/C(=O)O. The standard InChI is InChI=1S/2C27H38ClN5O3.C4H4O4/c2*1-17(2)19(26(36)31-24-12-8-9-18(3)30-24)13-23(34)21(29)14-32-15-25(35)33(16-27(32,4)5)22-11-7-6-10-20(22)28;5-3(6)1-2-4(7)8/h2*6-12,17,19,21,23,34H,13-16,29H2,1-5H3,(H,30,31,36);1-2H,(H,5,6)(H,7,8)/b;;2-1+/t2*19-,21-,23-;/m00./s1. The van der Waals surface area contributed by atoms with Gasteiger partial charge in [-0.15, -0.1) is 0 Å². The average molecular weight is 1150 g/mol. The minimum Gasteiger partial charge on any atom is -0.478 e. The van der Waals surface area contributed by atoms with Crippen LogP contribution in [-0.2, 0) is 28.8 Å². The molecular weight excluding hydrogens is 1070 g/mol. The van der Waals surface area contributed by atoms with Crippen molar-refractivity contribution < 1.29 is 49.2 Å². The highest BCUT2D eigenvalue weighted by Crippen LogP contribution is 2.34. The van der Waals surface area contributed by atoms with E-state index in [1.165, 1.54) is 0 Å². The molecule has 436 valence electrons. The van der Waals surface area contributed by atoms with Gasteiger partial charge in [0.1, 0.15) is 11.6 Å². The Morgan fingerprint density at radius 1 is 0.600 bits per heavy atom. The molecule has 0 aliphatic carbocycles. The van der Waals surface area contributed by atoms with Crippen molar-refractivity contribution in [2.24, 2.45) is 35.1 Å². The first-order valence-electron chi connectivity index (χ1n) is 26.5. The smallest absolute Gasteiger partial charge is 0.328 e. The second kappa shape index (κ2) is 29.9. The van der Waals surface area contributed by atoms with Gasteiger partial charge in [-0.05, 0) is 115 Å². The first-order chi connectivity index (χ1) is 37.4. The minimum atomic E-state index is -1.26. The molecule has 2 aromatic carbocycles. The van der Waals surface area contributed by atoms with Crippen molar-refractivity contribution in [3.8, 4) is 0 Å². The van der Waals surface area contributed by atoms with E-state index in [1.807, 2.05) is 140 Å². The van der Waals surface area contributed by atoms with Crippen LogP contribution in [0.5, 0.6) is 0 Å². The average Bonchev–Trinajstić information content (AvgIpc) is 3.39. The Balaban J connectivity index is 0.000000303. The second-order valence-electron chi connectivity index (χ2n) is 22.2. The van der Waals surface area contributed by atoms with Gasteiger partial charge in [-0.1, -0.05) is 87.3 Å². The molecule has 2 aromatic heterocycles. The van der Waals surface area contributed by atoms with Crippen molar-refractivity contribution in [3.63, 3.8) is 0 Å². The maximum atomic E-state index is 13.0. The number of carboxylic acid groups (broad SMARTS) is 2. The Morgan fingerprint density at radius 3 is 1.24 bits per heavy atom. The van der Waals surface area contributed by atoms with Crippen molar-refractivity contribution in [2.45, 2.75) is 117 Å². The molecule has 4 aromatic rings. The van der Waals surface area contributed by atoms with E-state index in [0.717, 1.165) is 11.4 Å². The summed E-state index contributed by atoms with van der Waals surface area (Å²) < 4.78 is 0. The molecule has 6 atom stereocenters. The Kier molecular flexibility index (Phi) is 24.7. The highest BCUT2D eigenvalue weighted by atomic mass is 35.5. The van der Waals surface area contributed by atoms with Crippen LogP contribution in [0.2, 0.25) is 10.0 Å². The summed E-state index contributed by atoms with van der Waals surface area (Å²) in [4.78, 5) is 87.2. The predicted octanol–water partition coefficient (Wildman–Crippen LogP) is 6.63. The van der Waals surface area contributed by atoms with Gasteiger partial charge in [-0.3, -0.25) is 29.0 Å². The van der Waals surface area contributed by atoms with E-state index in [2.05, 4.69) is 20.6 Å². The highest BCUT2D eigenvalue weighted by molar-refractivity contribution is 6.34. The number of pyridine rings is 2. The Labute approximate surface area is 479 Å². The number of amides is 4. The molecule has 2 aliphatic heterocycles. The molecular formula is C58H80Cl2N10O10. The van der Waals surface area contributed by atoms with E-state index in [1.54, 1.807) is 34.1 Å². The number of nitrogens with two attached hydrogens (primary N) is 2. The summed E-state index contributed by atoms with van der Waals surface area (Å²) in [6.45, 7) is 21.5. The number of rotatable bonds is 20. The van der Waals surface area contributed by atoms with Gasteiger partial charge in [0, 0.05) is 84.7 Å². The number of hydrogen-bond acceptors (Lipinski definition) is 14. The maximum absolute atomic E-state index is 13.0. The van der Waals surface area contributed by atoms with Crippen molar-refractivity contribution in [2.75, 3.05) is 59.7 Å². The summed E-state index contributed by atoms with van der Waals surface area (Å²) in [7, 11) is 0. The summed E-state index contributed by atoms with van der Waals surface area (Å²) in [6.07, 6.45) is -0.290. The molecule has 4 heterocycles. The van der Waals surface area contributed by atoms with Crippen LogP contribution in [0.4, 0.5) is 23.0 Å². The molecule has 0 spiro atoms. The fraction of sp³-hybridized carbons (Fsp3) is 0.483. The molecule has 0 saturated carbocycles. The van der Waals surface area contributed by atoms with Gasteiger partial charge in [-0.25, -0.2) is 19.6 Å². The topological polar surface area (TPSA) is 298 Å². The van der Waals surface area contributed by atoms with E-state index >= 15 is 0 Å². The number of hydrogen-bond donors (Lipinski definition) is 8. The molecule has 0 radical (unpaired) electrons. The number of carbonyl (C=O) groups is 6. The number of carbonyl (C=O) groups excluding carboxylic acids is 4. The van der Waals surface area contributed by atoms with Crippen molar-refractivity contribution in [1.29, 1.82) is 0 Å². The quantitative estimate of drug-likeness (QED) is 0.0431. The summed E-state index contributed by atoms with van der Waals surface area (Å²) in [5.41, 5.74) is 15.1. The third kappa shape index (κ3) is 19.7. The van der Waals surface area contributed by atoms with E-state index < -0.39 is 59.1 Å². The van der Waals surface area contributed by atoms with Gasteiger partial charge < -0.3 is 52.3 Å². The number of aliphatic carboxylic acids is 2. The zero-order valence-corrected chi connectivity index (χ0v) is 48.9. The zero-order valence-electron chi connectivity index (χ0n) is 47.3. The third-order valence-electron chi connectivity index (χ3n) is 14.1. The van der Waals surface area contributed by atoms with Crippen molar-refractivity contribution in [1.82, 2.24) is 19.8 Å². The van der Waals surface area contributed by atoms with Crippen LogP contribution < -0.4 is 31.9 Å². The van der Waals surface area contributed by atoms with Crippen LogP contribution >= 0.6 is 23.2 Å². The van der Waals surface area contributed by atoms with Crippen molar-refractivity contribution >= 4 is 81.8 Å². The number of halogens is 2. The first kappa shape index (κ1) is 66.2. The number of para-hydroxylation sites is 2. The number of aliphatic hydroxyl groups is 2. The van der Waals surface area contributed by atoms with Crippen molar-refractivity contribution in [3.05, 3.63) is 119 Å². The molecule has 10 N–H and O–H groups in total. The fourth-order valence-corrected chi connectivity index (χ4v) is 9.75. The highest BCUT2D eigenvalue weighted by Gasteiger charge is 2.42. The number of nitrogens with one attached hydrogen (secondary N) is 2. The molecule has 20 nitrogen and oxygen atoms in total. The summed E-state index contributed by atoms with van der Waals surface area (Å²) >= 11 is 12.7. The van der Waals surface area contributed by atoms with Crippen LogP contribution in [0.15, 0.2) is 97.1 Å². The van der Waals surface area contributed by atoms with E-state index in [4.69, 9.17) is 44.9 Å². The molecule has 80 heavy (non-hydrogen) atoms. The normalized spacial score (nSPS) is 17.8. The molecule has 22 heteroatoms. The lowest BCUT2D eigenvalue weighted by atomic mass is 9.87. The summed E-state index contributed by atoms with van der Waals surface area (Å²) in [5.74, 6) is -2.98. The Hall–Kier alpha value is -6.36. The van der Waals surface area contributed by atoms with Crippen LogP contribution in [0.1, 0.15) is 79.6 Å². The van der Waals surface area contributed by atoms with Crippen LogP contribution in [0.25, 0.3) is 0 Å². The molecule has 4 amide bonds. The lowest BCUT2D eigenvalue weighted by Gasteiger charge is -2.47. The van der Waals surface area contributed by atoms with Crippen LogP contribution in [-0.4, -0.2) is 150 Å². The number of anilines is 4. The minimum absolute atomic E-state index is 0.00570. The zero-order chi connectivity index (χ0) is 59.8. The predicted molar refractivity (Wildman–Crippen MR) is 312 cm³/mol. The molecule has 2 aliphatic rings. The van der Waals surface area contributed by atoms with Gasteiger partial charge >= 0.3 is 11.9 Å². The molecule has 2 fully saturated rings. The monoisotopic (exact) mass is 1150 g/mol. The van der Waals surface area contributed by atoms with Gasteiger partial charge in [0.15, 0.2) is 0 Å². The number of carboxylic acids is 2. The summed E-state index contributed by atoms with van der Waals surface area (Å²) in [5, 5.41) is 44.3. The first-order valence-corrected chi connectivity index (χ1v) is 27.3. The Morgan fingerprint density at radius 2 is 0.938 bits per heavy atom. The van der Waals surface area contributed by atoms with E-state index in [0.29, 0.717) is 71.4 Å². The van der Waals surface area contributed by atoms with Gasteiger partial charge in [0.2, 0.25) is 23.6 Å². The fourth-order valence-electron chi connectivity index (χ4n) is 9.27. The third-order valence-corrected chi connectivity index (χ3v) is 14.8. The van der Waals surface area contributed by atoms with E-state index in [-0.39, 0.29) is 61.4 Å². The maximum Gasteiger partial charge on any atom is 0.328 e. The largest absolute Gasteiger partial charge is 0.478 e. The number of nitrogens with zero attached hydrogens (tertiary/aromatic N) is 6. The molecule has 6 rings (SSSR count).